The number of fused-ring (bicyclic) bond motifs is 1. The van der Waals surface area contributed by atoms with E-state index in [2.05, 4.69) is 10.2 Å². The fourth-order valence-electron chi connectivity index (χ4n) is 3.45. The Morgan fingerprint density at radius 2 is 1.31 bits per heavy atom. The van der Waals surface area contributed by atoms with Gasteiger partial charge in [-0.15, -0.1) is 10.2 Å². The number of sulfone groups is 1. The molecule has 0 saturated carbocycles. The fourth-order valence-corrected chi connectivity index (χ4v) is 4.08. The molecule has 6 nitrogen and oxygen atoms in total. The lowest BCUT2D eigenvalue weighted by Gasteiger charge is -2.08. The molecule has 32 heavy (non-hydrogen) atoms. The van der Waals surface area contributed by atoms with Crippen molar-refractivity contribution in [3.63, 3.8) is 0 Å². The number of para-hydroxylation sites is 1. The number of hydrogen-bond acceptors (Lipinski definition) is 5. The van der Waals surface area contributed by atoms with Gasteiger partial charge in [0.2, 0.25) is 0 Å². The summed E-state index contributed by atoms with van der Waals surface area (Å²) in [4.78, 5) is 0.272. The van der Waals surface area contributed by atoms with Crippen molar-refractivity contribution in [2.75, 3.05) is 6.26 Å². The zero-order valence-corrected chi connectivity index (χ0v) is 18.0. The average Bonchev–Trinajstić information content (AvgIpc) is 3.23. The van der Waals surface area contributed by atoms with Gasteiger partial charge in [0.25, 0.3) is 0 Å². The highest BCUT2D eigenvalue weighted by atomic mass is 32.2. The van der Waals surface area contributed by atoms with Crippen LogP contribution in [0, 0.1) is 0 Å². The van der Waals surface area contributed by atoms with Crippen molar-refractivity contribution < 1.29 is 13.2 Å². The van der Waals surface area contributed by atoms with Crippen LogP contribution in [0.2, 0.25) is 0 Å². The first-order chi connectivity index (χ1) is 15.5. The average molecular weight is 442 g/mol. The summed E-state index contributed by atoms with van der Waals surface area (Å²) >= 11 is 0. The van der Waals surface area contributed by atoms with Crippen LogP contribution < -0.4 is 4.74 Å². The number of rotatable bonds is 5. The first kappa shape index (κ1) is 20.0. The topological polar surface area (TPSA) is 73.6 Å². The number of pyridine rings is 1. The van der Waals surface area contributed by atoms with Crippen molar-refractivity contribution in [1.29, 1.82) is 0 Å². The maximum Gasteiger partial charge on any atom is 0.175 e. The minimum absolute atomic E-state index is 0.272. The molecular weight excluding hydrogens is 422 g/mol. The maximum absolute atomic E-state index is 11.7. The SMILES string of the molecule is CS(=O)(=O)c1ccc(-c2nnc3ccc(-c4ccc(Oc5ccccc5)cc4)cn23)cc1. The molecule has 3 aromatic carbocycles. The van der Waals surface area contributed by atoms with E-state index >= 15 is 0 Å². The predicted octanol–water partition coefficient (Wildman–Crippen LogP) is 5.26. The van der Waals surface area contributed by atoms with Crippen LogP contribution in [0.25, 0.3) is 28.2 Å². The number of benzene rings is 3. The Morgan fingerprint density at radius 1 is 0.688 bits per heavy atom. The zero-order valence-electron chi connectivity index (χ0n) is 17.2. The van der Waals surface area contributed by atoms with Crippen molar-refractivity contribution >= 4 is 15.5 Å². The Balaban J connectivity index is 1.46. The third-order valence-electron chi connectivity index (χ3n) is 5.11. The lowest BCUT2D eigenvalue weighted by atomic mass is 10.1. The van der Waals surface area contributed by atoms with E-state index in [9.17, 15) is 8.42 Å². The van der Waals surface area contributed by atoms with Gasteiger partial charge in [0.05, 0.1) is 4.90 Å². The Bertz CT molecular complexity index is 1490. The van der Waals surface area contributed by atoms with Crippen LogP contribution in [0.15, 0.2) is 102 Å². The molecule has 0 atom stereocenters. The lowest BCUT2D eigenvalue weighted by Crippen LogP contribution is -1.97. The van der Waals surface area contributed by atoms with E-state index in [-0.39, 0.29) is 4.90 Å². The smallest absolute Gasteiger partial charge is 0.175 e. The normalized spacial score (nSPS) is 11.5. The summed E-state index contributed by atoms with van der Waals surface area (Å²) in [7, 11) is -3.25. The Hall–Kier alpha value is -3.97. The van der Waals surface area contributed by atoms with Gasteiger partial charge in [-0.3, -0.25) is 4.40 Å². The highest BCUT2D eigenvalue weighted by molar-refractivity contribution is 7.90. The Kier molecular flexibility index (Phi) is 4.95. The van der Waals surface area contributed by atoms with Crippen LogP contribution in [0.1, 0.15) is 0 Å². The molecule has 0 aliphatic rings. The first-order valence-corrected chi connectivity index (χ1v) is 11.9. The molecule has 5 rings (SSSR count). The summed E-state index contributed by atoms with van der Waals surface area (Å²) in [5, 5.41) is 8.53. The van der Waals surface area contributed by atoms with Crippen LogP contribution in [0.5, 0.6) is 11.5 Å². The van der Waals surface area contributed by atoms with Gasteiger partial charge in [-0.25, -0.2) is 8.42 Å². The van der Waals surface area contributed by atoms with Crippen molar-refractivity contribution in [1.82, 2.24) is 14.6 Å². The molecule has 0 fully saturated rings. The fraction of sp³-hybridized carbons (Fsp3) is 0.0400. The van der Waals surface area contributed by atoms with Crippen LogP contribution >= 0.6 is 0 Å². The van der Waals surface area contributed by atoms with Crippen LogP contribution in [0.4, 0.5) is 0 Å². The largest absolute Gasteiger partial charge is 0.457 e. The minimum Gasteiger partial charge on any atom is -0.457 e. The number of ether oxygens (including phenoxy) is 1. The summed E-state index contributed by atoms with van der Waals surface area (Å²) in [5.41, 5.74) is 3.52. The molecule has 0 N–H and O–H groups in total. The summed E-state index contributed by atoms with van der Waals surface area (Å²) in [6, 6.07) is 28.1. The van der Waals surface area contributed by atoms with Gasteiger partial charge >= 0.3 is 0 Å². The minimum atomic E-state index is -3.25. The third-order valence-corrected chi connectivity index (χ3v) is 6.24. The highest BCUT2D eigenvalue weighted by Gasteiger charge is 2.12. The summed E-state index contributed by atoms with van der Waals surface area (Å²) in [5.74, 6) is 2.20. The summed E-state index contributed by atoms with van der Waals surface area (Å²) < 4.78 is 31.2. The summed E-state index contributed by atoms with van der Waals surface area (Å²) in [6.07, 6.45) is 3.17. The molecule has 2 aromatic heterocycles. The molecule has 158 valence electrons. The third kappa shape index (κ3) is 3.98. The molecule has 0 aliphatic carbocycles. The second kappa shape index (κ2) is 7.94. The quantitative estimate of drug-likeness (QED) is 0.372. The van der Waals surface area contributed by atoms with E-state index in [1.165, 1.54) is 6.26 Å². The summed E-state index contributed by atoms with van der Waals surface area (Å²) in [6.45, 7) is 0. The van der Waals surface area contributed by atoms with Crippen LogP contribution in [0.3, 0.4) is 0 Å². The van der Waals surface area contributed by atoms with E-state index < -0.39 is 9.84 Å². The molecule has 0 radical (unpaired) electrons. The van der Waals surface area contributed by atoms with Gasteiger partial charge in [0.15, 0.2) is 21.3 Å². The van der Waals surface area contributed by atoms with Gasteiger partial charge < -0.3 is 4.74 Å². The van der Waals surface area contributed by atoms with E-state index in [0.29, 0.717) is 11.5 Å². The van der Waals surface area contributed by atoms with Gasteiger partial charge in [-0.1, -0.05) is 30.3 Å². The van der Waals surface area contributed by atoms with Gasteiger partial charge in [0.1, 0.15) is 11.5 Å². The maximum atomic E-state index is 11.7. The van der Waals surface area contributed by atoms with Crippen molar-refractivity contribution in [3.05, 3.63) is 97.2 Å². The molecule has 0 saturated heterocycles. The molecule has 0 aliphatic heterocycles. The predicted molar refractivity (Wildman–Crippen MR) is 123 cm³/mol. The Morgan fingerprint density at radius 3 is 2.00 bits per heavy atom. The van der Waals surface area contributed by atoms with E-state index in [1.807, 2.05) is 77.3 Å². The Labute approximate surface area is 185 Å². The van der Waals surface area contributed by atoms with Crippen molar-refractivity contribution in [2.45, 2.75) is 4.90 Å². The second-order valence-electron chi connectivity index (χ2n) is 7.41. The number of hydrogen-bond donors (Lipinski definition) is 0. The molecule has 0 bridgehead atoms. The van der Waals surface area contributed by atoms with Gasteiger partial charge in [-0.05, 0) is 71.8 Å². The van der Waals surface area contributed by atoms with Crippen LogP contribution in [-0.4, -0.2) is 29.3 Å². The van der Waals surface area contributed by atoms with E-state index in [1.54, 1.807) is 24.3 Å². The van der Waals surface area contributed by atoms with E-state index in [0.717, 1.165) is 28.2 Å². The molecule has 0 amide bonds. The molecule has 7 heteroatoms. The second-order valence-corrected chi connectivity index (χ2v) is 9.42. The van der Waals surface area contributed by atoms with Crippen LogP contribution in [-0.2, 0) is 9.84 Å². The molecular formula is C25H19N3O3S. The monoisotopic (exact) mass is 441 g/mol. The first-order valence-electron chi connectivity index (χ1n) is 9.96. The van der Waals surface area contributed by atoms with E-state index in [4.69, 9.17) is 4.74 Å². The molecule has 5 aromatic rings. The zero-order chi connectivity index (χ0) is 22.1. The van der Waals surface area contributed by atoms with Crippen molar-refractivity contribution in [2.24, 2.45) is 0 Å². The molecule has 0 spiro atoms. The standard InChI is InChI=1S/C25H19N3O3S/c1-32(29,30)23-14-9-19(10-15-23)25-27-26-24-16-11-20(17-28(24)25)18-7-12-22(13-8-18)31-21-5-3-2-4-6-21/h2-17H,1H3. The van der Waals surface area contributed by atoms with Crippen molar-refractivity contribution in [3.8, 4) is 34.0 Å². The lowest BCUT2D eigenvalue weighted by molar-refractivity contribution is 0.483. The molecule has 2 heterocycles. The number of aromatic nitrogens is 3. The van der Waals surface area contributed by atoms with Gasteiger partial charge in [-0.2, -0.15) is 0 Å². The molecule has 0 unspecified atom stereocenters. The van der Waals surface area contributed by atoms with Gasteiger partial charge in [0, 0.05) is 18.0 Å². The highest BCUT2D eigenvalue weighted by Crippen LogP contribution is 2.27. The number of nitrogens with zero attached hydrogens (tertiary/aromatic N) is 3.